The molecule has 3 atom stereocenters. The van der Waals surface area contributed by atoms with Crippen molar-refractivity contribution in [2.24, 2.45) is 11.7 Å². The molecule has 1 aliphatic heterocycles. The van der Waals surface area contributed by atoms with Crippen molar-refractivity contribution in [2.45, 2.75) is 51.2 Å². The molecule has 0 saturated carbocycles. The third kappa shape index (κ3) is 4.82. The van der Waals surface area contributed by atoms with E-state index in [1.54, 1.807) is 0 Å². The van der Waals surface area contributed by atoms with Crippen LogP contribution in [0.4, 0.5) is 0 Å². The van der Waals surface area contributed by atoms with E-state index in [1.165, 1.54) is 4.90 Å². The molecule has 2 amide bonds. The van der Waals surface area contributed by atoms with Crippen molar-refractivity contribution in [3.63, 3.8) is 0 Å². The predicted molar refractivity (Wildman–Crippen MR) is 97.3 cm³/mol. The van der Waals surface area contributed by atoms with Crippen LogP contribution in [-0.2, 0) is 20.8 Å². The number of carboxylic acids is 1. The largest absolute Gasteiger partial charge is 0.480 e. The van der Waals surface area contributed by atoms with E-state index >= 15 is 0 Å². The predicted octanol–water partition coefficient (Wildman–Crippen LogP) is 0.773. The number of nitrogens with zero attached hydrogens (tertiary/aromatic N) is 1. The van der Waals surface area contributed by atoms with E-state index in [-0.39, 0.29) is 11.8 Å². The third-order valence-electron chi connectivity index (χ3n) is 4.74. The zero-order chi connectivity index (χ0) is 19.3. The van der Waals surface area contributed by atoms with Gasteiger partial charge < -0.3 is 21.1 Å². The molecule has 7 nitrogen and oxygen atoms in total. The summed E-state index contributed by atoms with van der Waals surface area (Å²) >= 11 is 0. The van der Waals surface area contributed by atoms with Gasteiger partial charge in [0.1, 0.15) is 12.1 Å². The van der Waals surface area contributed by atoms with Gasteiger partial charge in [-0.15, -0.1) is 0 Å². The van der Waals surface area contributed by atoms with Gasteiger partial charge in [-0.1, -0.05) is 44.2 Å². The van der Waals surface area contributed by atoms with Crippen molar-refractivity contribution < 1.29 is 19.5 Å². The number of rotatable bonds is 7. The van der Waals surface area contributed by atoms with Gasteiger partial charge in [0.2, 0.25) is 11.8 Å². The summed E-state index contributed by atoms with van der Waals surface area (Å²) in [7, 11) is 0. The van der Waals surface area contributed by atoms with Gasteiger partial charge >= 0.3 is 5.97 Å². The normalized spacial score (nSPS) is 19.2. The Balaban J connectivity index is 2.20. The average Bonchev–Trinajstić information content (AvgIpc) is 3.10. The fraction of sp³-hybridized carbons (Fsp3) is 0.526. The van der Waals surface area contributed by atoms with Crippen LogP contribution in [0.25, 0.3) is 0 Å². The Morgan fingerprint density at radius 1 is 1.27 bits per heavy atom. The molecule has 0 radical (unpaired) electrons. The Kier molecular flexibility index (Phi) is 6.74. The minimum absolute atomic E-state index is 0.0685. The van der Waals surface area contributed by atoms with Crippen LogP contribution in [-0.4, -0.2) is 52.5 Å². The second-order valence-corrected chi connectivity index (χ2v) is 7.05. The van der Waals surface area contributed by atoms with Crippen LogP contribution in [0, 0.1) is 5.92 Å². The topological polar surface area (TPSA) is 113 Å². The van der Waals surface area contributed by atoms with E-state index in [2.05, 4.69) is 5.32 Å². The van der Waals surface area contributed by atoms with E-state index in [9.17, 15) is 19.5 Å². The van der Waals surface area contributed by atoms with Crippen LogP contribution in [0.15, 0.2) is 30.3 Å². The van der Waals surface area contributed by atoms with Crippen LogP contribution >= 0.6 is 0 Å². The lowest BCUT2D eigenvalue weighted by molar-refractivity contribution is -0.149. The number of hydrogen-bond donors (Lipinski definition) is 3. The maximum Gasteiger partial charge on any atom is 0.326 e. The number of nitrogens with two attached hydrogens (primary N) is 1. The summed E-state index contributed by atoms with van der Waals surface area (Å²) in [6.07, 6.45) is 1.36. The molecule has 4 N–H and O–H groups in total. The molecular formula is C19H27N3O4. The summed E-state index contributed by atoms with van der Waals surface area (Å²) in [5.74, 6) is -1.86. The summed E-state index contributed by atoms with van der Waals surface area (Å²) < 4.78 is 0. The zero-order valence-corrected chi connectivity index (χ0v) is 15.2. The van der Waals surface area contributed by atoms with Crippen LogP contribution in [0.5, 0.6) is 0 Å². The van der Waals surface area contributed by atoms with Crippen LogP contribution in [0.1, 0.15) is 32.3 Å². The fourth-order valence-electron chi connectivity index (χ4n) is 3.11. The van der Waals surface area contributed by atoms with Gasteiger partial charge in [0.15, 0.2) is 0 Å². The summed E-state index contributed by atoms with van der Waals surface area (Å²) in [5, 5.41) is 12.1. The number of amides is 2. The highest BCUT2D eigenvalue weighted by Gasteiger charge is 2.38. The molecule has 0 aliphatic carbocycles. The van der Waals surface area contributed by atoms with Crippen molar-refractivity contribution in [2.75, 3.05) is 6.54 Å². The molecule has 7 heteroatoms. The first kappa shape index (κ1) is 19.9. The lowest BCUT2D eigenvalue weighted by Gasteiger charge is -2.28. The highest BCUT2D eigenvalue weighted by Crippen LogP contribution is 2.19. The van der Waals surface area contributed by atoms with Gasteiger partial charge in [-0.05, 0) is 24.3 Å². The van der Waals surface area contributed by atoms with E-state index in [0.29, 0.717) is 25.8 Å². The lowest BCUT2D eigenvalue weighted by Crippen LogP contribution is -2.56. The van der Waals surface area contributed by atoms with E-state index in [0.717, 1.165) is 5.56 Å². The quantitative estimate of drug-likeness (QED) is 0.664. The third-order valence-corrected chi connectivity index (χ3v) is 4.74. The Hall–Kier alpha value is -2.41. The fourth-order valence-corrected chi connectivity index (χ4v) is 3.11. The number of likely N-dealkylation sites (tertiary alicyclic amines) is 1. The molecule has 1 saturated heterocycles. The molecular weight excluding hydrogens is 334 g/mol. The Morgan fingerprint density at radius 3 is 2.50 bits per heavy atom. The molecule has 0 bridgehead atoms. The highest BCUT2D eigenvalue weighted by atomic mass is 16.4. The molecule has 2 rings (SSSR count). The Labute approximate surface area is 153 Å². The second kappa shape index (κ2) is 8.80. The van der Waals surface area contributed by atoms with Gasteiger partial charge in [-0.3, -0.25) is 9.59 Å². The molecule has 0 spiro atoms. The SMILES string of the molecule is CC(C)[C@H](N)C(=O)N[C@@H](Cc1ccccc1)C(=O)N1CCC[C@H]1C(=O)O. The molecule has 1 aromatic carbocycles. The highest BCUT2D eigenvalue weighted by molar-refractivity contribution is 5.92. The molecule has 26 heavy (non-hydrogen) atoms. The second-order valence-electron chi connectivity index (χ2n) is 7.05. The molecule has 1 aromatic rings. The Morgan fingerprint density at radius 2 is 1.92 bits per heavy atom. The molecule has 142 valence electrons. The molecule has 1 aliphatic rings. The zero-order valence-electron chi connectivity index (χ0n) is 15.2. The number of benzene rings is 1. The Bertz CT molecular complexity index is 647. The van der Waals surface area contributed by atoms with Gasteiger partial charge in [-0.2, -0.15) is 0 Å². The first-order valence-corrected chi connectivity index (χ1v) is 8.94. The lowest BCUT2D eigenvalue weighted by atomic mass is 10.0. The number of carbonyl (C=O) groups is 3. The summed E-state index contributed by atoms with van der Waals surface area (Å²) in [6, 6.07) is 6.92. The van der Waals surface area contributed by atoms with Crippen molar-refractivity contribution >= 4 is 17.8 Å². The first-order chi connectivity index (χ1) is 12.3. The van der Waals surface area contributed by atoms with E-state index in [1.807, 2.05) is 44.2 Å². The molecule has 0 aromatic heterocycles. The number of aliphatic carboxylic acids is 1. The number of nitrogens with one attached hydrogen (secondary N) is 1. The maximum atomic E-state index is 13.0. The van der Waals surface area contributed by atoms with Gasteiger partial charge in [0.25, 0.3) is 0 Å². The van der Waals surface area contributed by atoms with E-state index in [4.69, 9.17) is 5.73 Å². The minimum Gasteiger partial charge on any atom is -0.480 e. The number of carbonyl (C=O) groups excluding carboxylic acids is 2. The van der Waals surface area contributed by atoms with E-state index < -0.39 is 30.0 Å². The first-order valence-electron chi connectivity index (χ1n) is 8.94. The minimum atomic E-state index is -1.01. The summed E-state index contributed by atoms with van der Waals surface area (Å²) in [6.45, 7) is 4.05. The average molecular weight is 361 g/mol. The number of carboxylic acid groups (broad SMARTS) is 1. The summed E-state index contributed by atoms with van der Waals surface area (Å²) in [4.78, 5) is 38.2. The van der Waals surface area contributed by atoms with Gasteiger partial charge in [-0.25, -0.2) is 4.79 Å². The van der Waals surface area contributed by atoms with Crippen molar-refractivity contribution in [1.82, 2.24) is 10.2 Å². The van der Waals surface area contributed by atoms with Crippen molar-refractivity contribution in [1.29, 1.82) is 0 Å². The number of hydrogen-bond acceptors (Lipinski definition) is 4. The van der Waals surface area contributed by atoms with Crippen molar-refractivity contribution in [3.05, 3.63) is 35.9 Å². The molecule has 1 heterocycles. The summed E-state index contributed by atoms with van der Waals surface area (Å²) in [5.41, 5.74) is 6.78. The standard InChI is InChI=1S/C19H27N3O4/c1-12(2)16(20)17(23)21-14(11-13-7-4-3-5-8-13)18(24)22-10-6-9-15(22)19(25)26/h3-5,7-8,12,14-16H,6,9-11,20H2,1-2H3,(H,21,23)(H,25,26)/t14-,15-,16-/m0/s1. The smallest absolute Gasteiger partial charge is 0.326 e. The van der Waals surface area contributed by atoms with Gasteiger partial charge in [0, 0.05) is 13.0 Å². The van der Waals surface area contributed by atoms with Crippen LogP contribution < -0.4 is 11.1 Å². The van der Waals surface area contributed by atoms with Gasteiger partial charge in [0.05, 0.1) is 6.04 Å². The molecule has 1 fully saturated rings. The van der Waals surface area contributed by atoms with Crippen LogP contribution in [0.2, 0.25) is 0 Å². The monoisotopic (exact) mass is 361 g/mol. The molecule has 0 unspecified atom stereocenters. The van der Waals surface area contributed by atoms with Crippen molar-refractivity contribution in [3.8, 4) is 0 Å². The maximum absolute atomic E-state index is 13.0. The van der Waals surface area contributed by atoms with Crippen LogP contribution in [0.3, 0.4) is 0 Å².